The topological polar surface area (TPSA) is 12.0 Å². The summed E-state index contributed by atoms with van der Waals surface area (Å²) in [6.07, 6.45) is 2.15. The minimum atomic E-state index is 0.402. The molecule has 1 unspecified atom stereocenters. The molecule has 0 radical (unpaired) electrons. The van der Waals surface area contributed by atoms with Crippen LogP contribution in [0, 0.1) is 0 Å². The molecule has 0 heterocycles. The highest BCUT2D eigenvalue weighted by molar-refractivity contribution is 5.26. The lowest BCUT2D eigenvalue weighted by atomic mass is 9.98. The number of benzene rings is 2. The first-order chi connectivity index (χ1) is 9.33. The molecule has 0 aromatic heterocycles. The summed E-state index contributed by atoms with van der Waals surface area (Å²) in [5, 5.41) is 3.58. The predicted octanol–water partition coefficient (Wildman–Crippen LogP) is 4.14. The van der Waals surface area contributed by atoms with Gasteiger partial charge < -0.3 is 5.32 Å². The van der Waals surface area contributed by atoms with Crippen molar-refractivity contribution >= 4 is 0 Å². The van der Waals surface area contributed by atoms with Crippen molar-refractivity contribution in [3.05, 3.63) is 71.3 Å². The average molecular weight is 253 g/mol. The summed E-state index contributed by atoms with van der Waals surface area (Å²) in [4.78, 5) is 0. The van der Waals surface area contributed by atoms with E-state index in [1.54, 1.807) is 0 Å². The van der Waals surface area contributed by atoms with E-state index in [0.29, 0.717) is 6.04 Å². The maximum atomic E-state index is 3.58. The molecule has 2 rings (SSSR count). The van der Waals surface area contributed by atoms with Crippen molar-refractivity contribution < 1.29 is 0 Å². The normalized spacial score (nSPS) is 12.3. The summed E-state index contributed by atoms with van der Waals surface area (Å²) in [6, 6.07) is 20.1. The Morgan fingerprint density at radius 3 is 2.05 bits per heavy atom. The zero-order chi connectivity index (χ0) is 13.5. The van der Waals surface area contributed by atoms with Crippen LogP contribution in [0.3, 0.4) is 0 Å². The van der Waals surface area contributed by atoms with Crippen molar-refractivity contribution in [1.82, 2.24) is 5.32 Å². The molecule has 0 saturated heterocycles. The number of nitrogens with one attached hydrogen (secondary N) is 1. The van der Waals surface area contributed by atoms with Crippen LogP contribution in [0.5, 0.6) is 0 Å². The Balaban J connectivity index is 2.11. The molecule has 0 bridgehead atoms. The lowest BCUT2D eigenvalue weighted by Gasteiger charge is -2.18. The van der Waals surface area contributed by atoms with E-state index in [1.165, 1.54) is 16.7 Å². The van der Waals surface area contributed by atoms with Crippen molar-refractivity contribution in [2.45, 2.75) is 32.7 Å². The maximum absolute atomic E-state index is 3.58. The minimum absolute atomic E-state index is 0.402. The van der Waals surface area contributed by atoms with Crippen LogP contribution in [0.25, 0.3) is 0 Å². The average Bonchev–Trinajstić information content (AvgIpc) is 2.48. The molecule has 2 aromatic rings. The highest BCUT2D eigenvalue weighted by atomic mass is 14.9. The molecule has 2 aromatic carbocycles. The zero-order valence-electron chi connectivity index (χ0n) is 11.9. The molecule has 0 aliphatic heterocycles. The summed E-state index contributed by atoms with van der Waals surface area (Å²) in [6.45, 7) is 5.35. The lowest BCUT2D eigenvalue weighted by Crippen LogP contribution is -2.22. The SMILES string of the molecule is CCNC(Cc1ccc(CC)cc1)c1ccccc1. The van der Waals surface area contributed by atoms with Gasteiger partial charge in [-0.2, -0.15) is 0 Å². The summed E-state index contributed by atoms with van der Waals surface area (Å²) in [7, 11) is 0. The third-order valence-corrected chi connectivity index (χ3v) is 3.52. The quantitative estimate of drug-likeness (QED) is 0.815. The van der Waals surface area contributed by atoms with Crippen LogP contribution in [0.4, 0.5) is 0 Å². The van der Waals surface area contributed by atoms with E-state index in [9.17, 15) is 0 Å². The molecule has 100 valence electrons. The fourth-order valence-electron chi connectivity index (χ4n) is 2.39. The van der Waals surface area contributed by atoms with E-state index >= 15 is 0 Å². The van der Waals surface area contributed by atoms with Gasteiger partial charge in [-0.3, -0.25) is 0 Å². The first kappa shape index (κ1) is 13.8. The summed E-state index contributed by atoms with van der Waals surface area (Å²) < 4.78 is 0. The number of likely N-dealkylation sites (N-methyl/N-ethyl adjacent to an activating group) is 1. The van der Waals surface area contributed by atoms with Gasteiger partial charge in [0.25, 0.3) is 0 Å². The Bertz CT molecular complexity index is 473. The van der Waals surface area contributed by atoms with Crippen LogP contribution in [0.15, 0.2) is 54.6 Å². The summed E-state index contributed by atoms with van der Waals surface area (Å²) >= 11 is 0. The van der Waals surface area contributed by atoms with Gasteiger partial charge in [-0.05, 0) is 36.1 Å². The third kappa shape index (κ3) is 3.93. The first-order valence-electron chi connectivity index (χ1n) is 7.19. The second-order valence-electron chi connectivity index (χ2n) is 4.90. The molecule has 1 N–H and O–H groups in total. The van der Waals surface area contributed by atoms with E-state index in [-0.39, 0.29) is 0 Å². The van der Waals surface area contributed by atoms with Crippen LogP contribution in [0.2, 0.25) is 0 Å². The fourth-order valence-corrected chi connectivity index (χ4v) is 2.39. The standard InChI is InChI=1S/C18H23N/c1-3-15-10-12-16(13-11-15)14-18(19-4-2)17-8-6-5-7-9-17/h5-13,18-19H,3-4,14H2,1-2H3. The van der Waals surface area contributed by atoms with Gasteiger partial charge in [-0.25, -0.2) is 0 Å². The van der Waals surface area contributed by atoms with E-state index in [1.807, 2.05) is 0 Å². The van der Waals surface area contributed by atoms with Crippen molar-refractivity contribution in [1.29, 1.82) is 0 Å². The third-order valence-electron chi connectivity index (χ3n) is 3.52. The monoisotopic (exact) mass is 253 g/mol. The second-order valence-corrected chi connectivity index (χ2v) is 4.90. The van der Waals surface area contributed by atoms with E-state index in [2.05, 4.69) is 73.8 Å². The molecule has 0 aliphatic carbocycles. The highest BCUT2D eigenvalue weighted by Gasteiger charge is 2.10. The van der Waals surface area contributed by atoms with Crippen molar-refractivity contribution in [3.63, 3.8) is 0 Å². The molecule has 0 fully saturated rings. The van der Waals surface area contributed by atoms with Gasteiger partial charge in [0.05, 0.1) is 0 Å². The summed E-state index contributed by atoms with van der Waals surface area (Å²) in [5.41, 5.74) is 4.17. The molecule has 0 amide bonds. The second kappa shape index (κ2) is 7.10. The van der Waals surface area contributed by atoms with Gasteiger partial charge in [0.15, 0.2) is 0 Å². The highest BCUT2D eigenvalue weighted by Crippen LogP contribution is 2.18. The van der Waals surface area contributed by atoms with Crippen LogP contribution in [0.1, 0.15) is 36.6 Å². The Labute approximate surface area is 116 Å². The smallest absolute Gasteiger partial charge is 0.0360 e. The van der Waals surface area contributed by atoms with Crippen LogP contribution < -0.4 is 5.32 Å². The van der Waals surface area contributed by atoms with Gasteiger partial charge >= 0.3 is 0 Å². The maximum Gasteiger partial charge on any atom is 0.0360 e. The van der Waals surface area contributed by atoms with Gasteiger partial charge in [0.2, 0.25) is 0 Å². The zero-order valence-corrected chi connectivity index (χ0v) is 11.9. The number of rotatable bonds is 6. The Morgan fingerprint density at radius 1 is 0.842 bits per heavy atom. The van der Waals surface area contributed by atoms with Crippen LogP contribution >= 0.6 is 0 Å². The Hall–Kier alpha value is -1.60. The van der Waals surface area contributed by atoms with Crippen molar-refractivity contribution in [2.75, 3.05) is 6.54 Å². The Kier molecular flexibility index (Phi) is 5.17. The van der Waals surface area contributed by atoms with Crippen LogP contribution in [-0.4, -0.2) is 6.54 Å². The van der Waals surface area contributed by atoms with E-state index in [0.717, 1.165) is 19.4 Å². The number of hydrogen-bond donors (Lipinski definition) is 1. The molecule has 0 saturated carbocycles. The van der Waals surface area contributed by atoms with Gasteiger partial charge in [0, 0.05) is 6.04 Å². The number of hydrogen-bond acceptors (Lipinski definition) is 1. The van der Waals surface area contributed by atoms with Crippen LogP contribution in [-0.2, 0) is 12.8 Å². The summed E-state index contributed by atoms with van der Waals surface area (Å²) in [5.74, 6) is 0. The lowest BCUT2D eigenvalue weighted by molar-refractivity contribution is 0.550. The molecule has 1 atom stereocenters. The van der Waals surface area contributed by atoms with E-state index in [4.69, 9.17) is 0 Å². The van der Waals surface area contributed by atoms with Gasteiger partial charge in [-0.15, -0.1) is 0 Å². The predicted molar refractivity (Wildman–Crippen MR) is 82.4 cm³/mol. The van der Waals surface area contributed by atoms with Gasteiger partial charge in [-0.1, -0.05) is 68.4 Å². The van der Waals surface area contributed by atoms with Crippen molar-refractivity contribution in [3.8, 4) is 0 Å². The van der Waals surface area contributed by atoms with E-state index < -0.39 is 0 Å². The fraction of sp³-hybridized carbons (Fsp3) is 0.333. The minimum Gasteiger partial charge on any atom is -0.310 e. The molecular weight excluding hydrogens is 230 g/mol. The van der Waals surface area contributed by atoms with Crippen molar-refractivity contribution in [2.24, 2.45) is 0 Å². The molecular formula is C18H23N. The number of aryl methyl sites for hydroxylation is 1. The molecule has 1 heteroatoms. The molecule has 0 aliphatic rings. The molecule has 1 nitrogen and oxygen atoms in total. The Morgan fingerprint density at radius 2 is 1.47 bits per heavy atom. The largest absolute Gasteiger partial charge is 0.310 e. The first-order valence-corrected chi connectivity index (χ1v) is 7.19. The molecule has 0 spiro atoms. The van der Waals surface area contributed by atoms with Gasteiger partial charge in [0.1, 0.15) is 0 Å². The molecule has 19 heavy (non-hydrogen) atoms.